The van der Waals surface area contributed by atoms with Gasteiger partial charge in [-0.25, -0.2) is 0 Å². The molecule has 80 heavy (non-hydrogen) atoms. The predicted octanol–water partition coefficient (Wildman–Crippen LogP) is 21.7. The van der Waals surface area contributed by atoms with Gasteiger partial charge in [-0.2, -0.15) is 0 Å². The molecular formula is C78H58N2. The summed E-state index contributed by atoms with van der Waals surface area (Å²) in [7, 11) is 0. The molecule has 2 nitrogen and oxygen atoms in total. The number of rotatable bonds is 9. The minimum Gasteiger partial charge on any atom is -0.310 e. The van der Waals surface area contributed by atoms with Crippen molar-refractivity contribution >= 4 is 66.4 Å². The molecule has 2 aliphatic rings. The largest absolute Gasteiger partial charge is 0.310 e. The van der Waals surface area contributed by atoms with Crippen LogP contribution in [-0.4, -0.2) is 0 Å². The molecule has 0 aliphatic heterocycles. The smallest absolute Gasteiger partial charge is 0.0465 e. The van der Waals surface area contributed by atoms with Gasteiger partial charge in [-0.3, -0.25) is 0 Å². The molecule has 0 fully saturated rings. The summed E-state index contributed by atoms with van der Waals surface area (Å²) in [4.78, 5) is 4.82. The van der Waals surface area contributed by atoms with Gasteiger partial charge in [-0.1, -0.05) is 234 Å². The van der Waals surface area contributed by atoms with Crippen molar-refractivity contribution in [2.75, 3.05) is 9.80 Å². The highest BCUT2D eigenvalue weighted by molar-refractivity contribution is 6.29. The van der Waals surface area contributed by atoms with Gasteiger partial charge < -0.3 is 9.80 Å². The predicted molar refractivity (Wildman–Crippen MR) is 340 cm³/mol. The van der Waals surface area contributed by atoms with Crippen molar-refractivity contribution in [2.24, 2.45) is 0 Å². The fourth-order valence-electron chi connectivity index (χ4n) is 13.5. The molecule has 0 bridgehead atoms. The van der Waals surface area contributed by atoms with Crippen LogP contribution in [0.3, 0.4) is 0 Å². The van der Waals surface area contributed by atoms with Gasteiger partial charge in [0, 0.05) is 45.0 Å². The van der Waals surface area contributed by atoms with Crippen molar-refractivity contribution < 1.29 is 0 Å². The fourth-order valence-corrected chi connectivity index (χ4v) is 13.5. The monoisotopic (exact) mass is 1020 g/mol. The van der Waals surface area contributed by atoms with E-state index in [0.29, 0.717) is 0 Å². The molecule has 0 atom stereocenters. The van der Waals surface area contributed by atoms with Crippen molar-refractivity contribution in [3.8, 4) is 55.6 Å². The molecule has 2 heteroatoms. The normalized spacial score (nSPS) is 13.4. The highest BCUT2D eigenvalue weighted by Gasteiger charge is 2.38. The molecule has 0 amide bonds. The van der Waals surface area contributed by atoms with E-state index >= 15 is 0 Å². The Morgan fingerprint density at radius 2 is 0.562 bits per heavy atom. The number of hydrogen-bond acceptors (Lipinski definition) is 2. The molecule has 380 valence electrons. The third-order valence-electron chi connectivity index (χ3n) is 17.7. The van der Waals surface area contributed by atoms with E-state index in [1.54, 1.807) is 0 Å². The maximum absolute atomic E-state index is 2.45. The van der Waals surface area contributed by atoms with Gasteiger partial charge in [0.1, 0.15) is 0 Å². The highest BCUT2D eigenvalue weighted by Crippen LogP contribution is 2.56. The van der Waals surface area contributed by atoms with Crippen molar-refractivity contribution in [2.45, 2.75) is 38.5 Å². The van der Waals surface area contributed by atoms with Crippen molar-refractivity contribution in [3.05, 3.63) is 301 Å². The molecule has 0 aromatic heterocycles. The lowest BCUT2D eigenvalue weighted by molar-refractivity contribution is 0.660. The SMILES string of the molecule is CC1(C)c2ccccc2-c2ccc(N(c3ccc(-c4ccc(-c5ccccc5)cc4)cc3)c3ccc(-c4ccc(N(c5ccccc5)c5ccc6c(c5)C(C)(C)c5ccc7c8ccccc8c8ccccc8c7c5-6)cc4)cc3)cc21. The van der Waals surface area contributed by atoms with Crippen LogP contribution in [0.4, 0.5) is 34.1 Å². The minimum absolute atomic E-state index is 0.125. The van der Waals surface area contributed by atoms with E-state index in [1.165, 1.54) is 99.1 Å². The quantitative estimate of drug-likeness (QED) is 0.133. The lowest BCUT2D eigenvalue weighted by atomic mass is 9.81. The first-order valence-electron chi connectivity index (χ1n) is 28.1. The first kappa shape index (κ1) is 47.5. The summed E-state index contributed by atoms with van der Waals surface area (Å²) in [6.07, 6.45) is 0. The third kappa shape index (κ3) is 7.54. The van der Waals surface area contributed by atoms with Crippen LogP contribution in [0.1, 0.15) is 49.9 Å². The van der Waals surface area contributed by atoms with Crippen LogP contribution in [-0.2, 0) is 10.8 Å². The van der Waals surface area contributed by atoms with E-state index in [0.717, 1.165) is 45.3 Å². The first-order valence-corrected chi connectivity index (χ1v) is 28.1. The maximum atomic E-state index is 2.45. The summed E-state index contributed by atoms with van der Waals surface area (Å²) in [6, 6.07) is 103. The van der Waals surface area contributed by atoms with Gasteiger partial charge in [-0.05, 0) is 183 Å². The molecule has 0 heterocycles. The molecule has 0 saturated carbocycles. The van der Waals surface area contributed by atoms with Crippen LogP contribution in [0.2, 0.25) is 0 Å². The summed E-state index contributed by atoms with van der Waals surface area (Å²) < 4.78 is 0. The van der Waals surface area contributed by atoms with Crippen molar-refractivity contribution in [1.82, 2.24) is 0 Å². The Kier molecular flexibility index (Phi) is 10.9. The lowest BCUT2D eigenvalue weighted by Gasteiger charge is -2.28. The summed E-state index contributed by atoms with van der Waals surface area (Å²) in [5, 5.41) is 7.88. The Hall–Kier alpha value is -9.76. The number of nitrogens with zero attached hydrogens (tertiary/aromatic N) is 2. The molecule has 0 saturated heterocycles. The van der Waals surface area contributed by atoms with E-state index in [1.807, 2.05) is 0 Å². The lowest BCUT2D eigenvalue weighted by Crippen LogP contribution is -2.16. The van der Waals surface area contributed by atoms with Crippen LogP contribution >= 0.6 is 0 Å². The van der Waals surface area contributed by atoms with E-state index in [9.17, 15) is 0 Å². The zero-order chi connectivity index (χ0) is 53.7. The minimum atomic E-state index is -0.210. The van der Waals surface area contributed by atoms with E-state index in [4.69, 9.17) is 0 Å². The second kappa shape index (κ2) is 18.4. The summed E-state index contributed by atoms with van der Waals surface area (Å²) in [6.45, 7) is 9.52. The van der Waals surface area contributed by atoms with Crippen LogP contribution in [0, 0.1) is 0 Å². The standard InChI is InChI=1S/C78H58N2/c1-77(2)71-26-16-15-24-66(71)67-45-43-61(49-73(67)77)80(59-39-31-54(32-40-59)53-29-27-52(28-30-53)51-17-7-5-8-18-51)60-41-35-56(36-42-60)55-33-37-58(38-34-55)79(57-19-9-6-10-20-57)62-44-46-70-74(50-62)78(3,4)72-48-47-69-65-23-12-11-21-63(65)64-22-13-14-25-68(64)75(69)76(70)72/h5-50H,1-4H3. The third-order valence-corrected chi connectivity index (χ3v) is 17.7. The topological polar surface area (TPSA) is 6.48 Å². The Bertz CT molecular complexity index is 4500. The van der Waals surface area contributed by atoms with Gasteiger partial charge in [0.15, 0.2) is 0 Å². The van der Waals surface area contributed by atoms with Crippen molar-refractivity contribution in [3.63, 3.8) is 0 Å². The molecular weight excluding hydrogens is 965 g/mol. The Morgan fingerprint density at radius 3 is 1.09 bits per heavy atom. The highest BCUT2D eigenvalue weighted by atomic mass is 15.1. The molecule has 0 unspecified atom stereocenters. The zero-order valence-corrected chi connectivity index (χ0v) is 45.5. The number of fused-ring (bicyclic) bond motifs is 13. The number of anilines is 6. The Morgan fingerprint density at radius 1 is 0.225 bits per heavy atom. The van der Waals surface area contributed by atoms with Gasteiger partial charge in [0.2, 0.25) is 0 Å². The number of hydrogen-bond donors (Lipinski definition) is 0. The first-order chi connectivity index (χ1) is 39.2. The average Bonchev–Trinajstić information content (AvgIpc) is 4.13. The van der Waals surface area contributed by atoms with Gasteiger partial charge in [0.05, 0.1) is 0 Å². The summed E-state index contributed by atoms with van der Waals surface area (Å²) >= 11 is 0. The van der Waals surface area contributed by atoms with Crippen LogP contribution in [0.5, 0.6) is 0 Å². The molecule has 2 aliphatic carbocycles. The molecule has 15 rings (SSSR count). The zero-order valence-electron chi connectivity index (χ0n) is 45.5. The average molecular weight is 1020 g/mol. The second-order valence-electron chi connectivity index (χ2n) is 22.8. The summed E-state index contributed by atoms with van der Waals surface area (Å²) in [5.41, 5.74) is 24.3. The fraction of sp³-hybridized carbons (Fsp3) is 0.0769. The van der Waals surface area contributed by atoms with Crippen molar-refractivity contribution in [1.29, 1.82) is 0 Å². The molecule has 0 radical (unpaired) electrons. The Labute approximate surface area is 469 Å². The molecule has 0 spiro atoms. The van der Waals surface area contributed by atoms with Crippen LogP contribution in [0.15, 0.2) is 279 Å². The molecule has 13 aromatic carbocycles. The number of para-hydroxylation sites is 1. The van der Waals surface area contributed by atoms with Gasteiger partial charge >= 0.3 is 0 Å². The van der Waals surface area contributed by atoms with Crippen LogP contribution in [0.25, 0.3) is 88.0 Å². The molecule has 13 aromatic rings. The van der Waals surface area contributed by atoms with E-state index in [-0.39, 0.29) is 10.8 Å². The van der Waals surface area contributed by atoms with Crippen LogP contribution < -0.4 is 9.80 Å². The van der Waals surface area contributed by atoms with E-state index in [2.05, 4.69) is 317 Å². The molecule has 0 N–H and O–H groups in total. The Balaban J connectivity index is 0.773. The summed E-state index contributed by atoms with van der Waals surface area (Å²) in [5.74, 6) is 0. The number of benzene rings is 13. The van der Waals surface area contributed by atoms with Gasteiger partial charge in [-0.15, -0.1) is 0 Å². The van der Waals surface area contributed by atoms with E-state index < -0.39 is 0 Å². The van der Waals surface area contributed by atoms with Gasteiger partial charge in [0.25, 0.3) is 0 Å². The second-order valence-corrected chi connectivity index (χ2v) is 22.8. The maximum Gasteiger partial charge on any atom is 0.0465 e.